The van der Waals surface area contributed by atoms with E-state index in [1.165, 1.54) is 11.2 Å². The normalized spacial score (nSPS) is 16.9. The molecule has 4 aromatic rings. The second-order valence-corrected chi connectivity index (χ2v) is 9.66. The highest BCUT2D eigenvalue weighted by molar-refractivity contribution is 8.18. The van der Waals surface area contributed by atoms with Gasteiger partial charge in [-0.2, -0.15) is 5.10 Å². The smallest absolute Gasteiger partial charge is 0.293 e. The number of anilines is 1. The number of nitrogen functional groups attached to an aromatic ring is 1. The number of imide groups is 1. The SMILES string of the molecule is Nc1ncnc2c1c(-c1ccc(Oc3ccccc3)cc1)nn2CCN1C(=O)S/C(=C\C2CC2)C1=O. The second kappa shape index (κ2) is 9.12. The summed E-state index contributed by atoms with van der Waals surface area (Å²) in [5.41, 5.74) is 8.20. The van der Waals surface area contributed by atoms with Gasteiger partial charge in [0, 0.05) is 12.1 Å². The topological polar surface area (TPSA) is 116 Å². The van der Waals surface area contributed by atoms with Crippen LogP contribution in [0.3, 0.4) is 0 Å². The molecule has 0 radical (unpaired) electrons. The zero-order chi connectivity index (χ0) is 24.6. The van der Waals surface area contributed by atoms with Gasteiger partial charge in [0.1, 0.15) is 29.3 Å². The maximum absolute atomic E-state index is 12.7. The van der Waals surface area contributed by atoms with E-state index in [0.717, 1.165) is 35.9 Å². The van der Waals surface area contributed by atoms with Crippen LogP contribution in [0.1, 0.15) is 12.8 Å². The van der Waals surface area contributed by atoms with Gasteiger partial charge in [-0.1, -0.05) is 24.3 Å². The molecule has 9 nitrogen and oxygen atoms in total. The highest BCUT2D eigenvalue weighted by Gasteiger charge is 2.36. The number of allylic oxidation sites excluding steroid dienone is 1. The number of carbonyl (C=O) groups is 2. The molecule has 6 rings (SSSR count). The molecule has 2 fully saturated rings. The van der Waals surface area contributed by atoms with E-state index in [0.29, 0.717) is 39.1 Å². The molecule has 3 heterocycles. The zero-order valence-electron chi connectivity index (χ0n) is 19.2. The van der Waals surface area contributed by atoms with Gasteiger partial charge in [-0.25, -0.2) is 14.6 Å². The number of thioether (sulfide) groups is 1. The molecule has 10 heteroatoms. The molecule has 180 valence electrons. The Balaban J connectivity index is 1.26. The van der Waals surface area contributed by atoms with Crippen molar-refractivity contribution in [3.05, 3.63) is 71.9 Å². The van der Waals surface area contributed by atoms with Gasteiger partial charge in [0.2, 0.25) is 0 Å². The maximum Gasteiger partial charge on any atom is 0.293 e. The summed E-state index contributed by atoms with van der Waals surface area (Å²) >= 11 is 1.01. The summed E-state index contributed by atoms with van der Waals surface area (Å²) in [6.07, 6.45) is 5.46. The van der Waals surface area contributed by atoms with Crippen molar-refractivity contribution in [1.29, 1.82) is 0 Å². The van der Waals surface area contributed by atoms with Crippen LogP contribution in [0, 0.1) is 5.92 Å². The van der Waals surface area contributed by atoms with E-state index >= 15 is 0 Å². The number of para-hydroxylation sites is 1. The van der Waals surface area contributed by atoms with Crippen LogP contribution in [0.4, 0.5) is 10.6 Å². The molecule has 2 aromatic carbocycles. The van der Waals surface area contributed by atoms with Gasteiger partial charge in [-0.05, 0) is 66.9 Å². The summed E-state index contributed by atoms with van der Waals surface area (Å²) in [4.78, 5) is 35.5. The van der Waals surface area contributed by atoms with Crippen LogP contribution in [0.15, 0.2) is 71.9 Å². The number of nitrogens with zero attached hydrogens (tertiary/aromatic N) is 5. The summed E-state index contributed by atoms with van der Waals surface area (Å²) in [5.74, 6) is 1.93. The van der Waals surface area contributed by atoms with Crippen LogP contribution in [0.5, 0.6) is 11.5 Å². The van der Waals surface area contributed by atoms with Crippen LogP contribution in [0.25, 0.3) is 22.3 Å². The van der Waals surface area contributed by atoms with Crippen molar-refractivity contribution >= 4 is 39.8 Å². The molecule has 2 amide bonds. The molecular formula is C26H22N6O3S. The summed E-state index contributed by atoms with van der Waals surface area (Å²) in [6.45, 7) is 0.480. The molecule has 1 aliphatic heterocycles. The van der Waals surface area contributed by atoms with Crippen molar-refractivity contribution in [2.45, 2.75) is 19.4 Å². The molecule has 1 aliphatic carbocycles. The van der Waals surface area contributed by atoms with Crippen LogP contribution in [-0.4, -0.2) is 42.3 Å². The molecule has 1 saturated heterocycles. The van der Waals surface area contributed by atoms with Crippen LogP contribution in [0.2, 0.25) is 0 Å². The number of hydrogen-bond acceptors (Lipinski definition) is 8. The van der Waals surface area contributed by atoms with Crippen LogP contribution in [-0.2, 0) is 11.3 Å². The molecule has 0 unspecified atom stereocenters. The van der Waals surface area contributed by atoms with Crippen molar-refractivity contribution in [1.82, 2.24) is 24.6 Å². The van der Waals surface area contributed by atoms with Crippen LogP contribution >= 0.6 is 11.8 Å². The molecule has 0 spiro atoms. The van der Waals surface area contributed by atoms with Crippen molar-refractivity contribution in [3.8, 4) is 22.8 Å². The highest BCUT2D eigenvalue weighted by atomic mass is 32.2. The zero-order valence-corrected chi connectivity index (χ0v) is 20.0. The highest BCUT2D eigenvalue weighted by Crippen LogP contribution is 2.38. The van der Waals surface area contributed by atoms with E-state index in [2.05, 4.69) is 9.97 Å². The average molecular weight is 499 g/mol. The van der Waals surface area contributed by atoms with Crippen molar-refractivity contribution < 1.29 is 14.3 Å². The number of rotatable bonds is 7. The number of hydrogen-bond donors (Lipinski definition) is 1. The first-order chi connectivity index (χ1) is 17.6. The summed E-state index contributed by atoms with van der Waals surface area (Å²) in [7, 11) is 0. The molecule has 2 N–H and O–H groups in total. The Morgan fingerprint density at radius 2 is 1.75 bits per heavy atom. The maximum atomic E-state index is 12.7. The minimum absolute atomic E-state index is 0.191. The number of fused-ring (bicyclic) bond motifs is 1. The van der Waals surface area contributed by atoms with E-state index in [4.69, 9.17) is 15.6 Å². The van der Waals surface area contributed by atoms with E-state index < -0.39 is 0 Å². The van der Waals surface area contributed by atoms with Gasteiger partial charge in [0.25, 0.3) is 11.1 Å². The second-order valence-electron chi connectivity index (χ2n) is 8.66. The molecule has 1 saturated carbocycles. The number of amides is 2. The Labute approximate surface area is 211 Å². The number of carbonyl (C=O) groups excluding carboxylic acids is 2. The van der Waals surface area contributed by atoms with E-state index in [-0.39, 0.29) is 24.2 Å². The fourth-order valence-corrected chi connectivity index (χ4v) is 5.00. The van der Waals surface area contributed by atoms with Gasteiger partial charge in [-0.15, -0.1) is 0 Å². The quantitative estimate of drug-likeness (QED) is 0.359. The number of aromatic nitrogens is 4. The first-order valence-corrected chi connectivity index (χ1v) is 12.4. The average Bonchev–Trinajstić information content (AvgIpc) is 3.57. The van der Waals surface area contributed by atoms with E-state index in [1.54, 1.807) is 4.68 Å². The van der Waals surface area contributed by atoms with E-state index in [9.17, 15) is 9.59 Å². The minimum atomic E-state index is -0.258. The minimum Gasteiger partial charge on any atom is -0.457 e. The van der Waals surface area contributed by atoms with Gasteiger partial charge in [-0.3, -0.25) is 14.5 Å². The summed E-state index contributed by atoms with van der Waals surface area (Å²) in [5, 5.41) is 5.11. The molecule has 2 aliphatic rings. The predicted molar refractivity (Wildman–Crippen MR) is 137 cm³/mol. The third-order valence-electron chi connectivity index (χ3n) is 6.08. The van der Waals surface area contributed by atoms with Gasteiger partial charge >= 0.3 is 0 Å². The molecule has 0 atom stereocenters. The standard InChI is InChI=1S/C26H22N6O3S/c27-23-21-22(17-8-10-19(11-9-17)35-18-4-2-1-3-5-18)30-32(24(21)29-15-28-23)13-12-31-25(33)20(36-26(31)34)14-16-6-7-16/h1-5,8-11,14-16H,6-7,12-13H2,(H2,27,28,29)/b20-14-. The van der Waals surface area contributed by atoms with Crippen molar-refractivity contribution in [3.63, 3.8) is 0 Å². The lowest BCUT2D eigenvalue weighted by Crippen LogP contribution is -2.31. The van der Waals surface area contributed by atoms with Crippen molar-refractivity contribution in [2.24, 2.45) is 5.92 Å². The van der Waals surface area contributed by atoms with Gasteiger partial charge in [0.05, 0.1) is 16.8 Å². The Hall–Kier alpha value is -4.18. The Bertz CT molecular complexity index is 1500. The number of ether oxygens (including phenoxy) is 1. The van der Waals surface area contributed by atoms with Crippen molar-refractivity contribution in [2.75, 3.05) is 12.3 Å². The lowest BCUT2D eigenvalue weighted by atomic mass is 10.1. The van der Waals surface area contributed by atoms with Crippen LogP contribution < -0.4 is 10.5 Å². The molecular weight excluding hydrogens is 476 g/mol. The first kappa shape index (κ1) is 22.3. The third-order valence-corrected chi connectivity index (χ3v) is 7.01. The number of nitrogens with two attached hydrogens (primary N) is 1. The fourth-order valence-electron chi connectivity index (χ4n) is 4.07. The third kappa shape index (κ3) is 4.31. The fraction of sp³-hybridized carbons (Fsp3) is 0.192. The largest absolute Gasteiger partial charge is 0.457 e. The summed E-state index contributed by atoms with van der Waals surface area (Å²) < 4.78 is 7.56. The summed E-state index contributed by atoms with van der Waals surface area (Å²) in [6, 6.07) is 17.1. The monoisotopic (exact) mass is 498 g/mol. The van der Waals surface area contributed by atoms with Gasteiger partial charge in [0.15, 0.2) is 5.65 Å². The van der Waals surface area contributed by atoms with Gasteiger partial charge < -0.3 is 10.5 Å². The molecule has 36 heavy (non-hydrogen) atoms. The lowest BCUT2D eigenvalue weighted by Gasteiger charge is -2.12. The Morgan fingerprint density at radius 3 is 2.50 bits per heavy atom. The Morgan fingerprint density at radius 1 is 1.00 bits per heavy atom. The van der Waals surface area contributed by atoms with E-state index in [1.807, 2.05) is 60.7 Å². The predicted octanol–water partition coefficient (Wildman–Crippen LogP) is 4.86. The lowest BCUT2D eigenvalue weighted by molar-refractivity contribution is -0.122. The molecule has 2 aromatic heterocycles. The molecule has 0 bridgehead atoms. The Kier molecular flexibility index (Phi) is 5.65. The number of benzene rings is 2. The first-order valence-electron chi connectivity index (χ1n) is 11.6.